The van der Waals surface area contributed by atoms with Crippen LogP contribution in [0, 0.1) is 5.41 Å². The number of nitrogens with one attached hydrogen (secondary N) is 1. The first kappa shape index (κ1) is 15.6. The highest BCUT2D eigenvalue weighted by Crippen LogP contribution is 2.33. The molecule has 19 heavy (non-hydrogen) atoms. The number of thioether (sulfide) groups is 1. The van der Waals surface area contributed by atoms with Gasteiger partial charge >= 0.3 is 0 Å². The first-order valence-electron chi connectivity index (χ1n) is 7.81. The monoisotopic (exact) mass is 286 g/mol. The topological polar surface area (TPSA) is 24.5 Å². The second kappa shape index (κ2) is 7.30. The van der Waals surface area contributed by atoms with E-state index in [9.17, 15) is 0 Å². The lowest BCUT2D eigenvalue weighted by Crippen LogP contribution is -2.52. The highest BCUT2D eigenvalue weighted by molar-refractivity contribution is 8.00. The van der Waals surface area contributed by atoms with E-state index in [4.69, 9.17) is 4.74 Å². The van der Waals surface area contributed by atoms with E-state index in [1.807, 2.05) is 0 Å². The molecule has 1 N–H and O–H groups in total. The van der Waals surface area contributed by atoms with Crippen molar-refractivity contribution in [2.45, 2.75) is 44.9 Å². The Labute approximate surface area is 122 Å². The number of rotatable bonds is 6. The van der Waals surface area contributed by atoms with Gasteiger partial charge in [-0.2, -0.15) is 11.8 Å². The van der Waals surface area contributed by atoms with Crippen molar-refractivity contribution in [1.29, 1.82) is 0 Å². The Hall–Kier alpha value is 0.230. The molecule has 112 valence electrons. The van der Waals surface area contributed by atoms with E-state index < -0.39 is 0 Å². The van der Waals surface area contributed by atoms with Gasteiger partial charge in [-0.3, -0.25) is 4.90 Å². The van der Waals surface area contributed by atoms with Crippen molar-refractivity contribution in [1.82, 2.24) is 10.2 Å². The van der Waals surface area contributed by atoms with Crippen LogP contribution in [0.25, 0.3) is 0 Å². The summed E-state index contributed by atoms with van der Waals surface area (Å²) in [6.07, 6.45) is 2.43. The van der Waals surface area contributed by atoms with E-state index in [1.54, 1.807) is 0 Å². The van der Waals surface area contributed by atoms with Gasteiger partial charge in [0, 0.05) is 48.7 Å². The van der Waals surface area contributed by atoms with E-state index in [0.29, 0.717) is 11.5 Å². The van der Waals surface area contributed by atoms with Gasteiger partial charge in [0.1, 0.15) is 0 Å². The van der Waals surface area contributed by atoms with Crippen molar-refractivity contribution < 1.29 is 4.74 Å². The Balaban J connectivity index is 1.91. The van der Waals surface area contributed by atoms with Crippen LogP contribution >= 0.6 is 11.8 Å². The van der Waals surface area contributed by atoms with Gasteiger partial charge in [-0.25, -0.2) is 0 Å². The minimum atomic E-state index is 0.352. The van der Waals surface area contributed by atoms with Crippen LogP contribution in [0.2, 0.25) is 0 Å². The average Bonchev–Trinajstić information content (AvgIpc) is 2.84. The summed E-state index contributed by atoms with van der Waals surface area (Å²) < 4.78 is 5.72. The molecule has 2 heterocycles. The Morgan fingerprint density at radius 2 is 2.26 bits per heavy atom. The summed E-state index contributed by atoms with van der Waals surface area (Å²) >= 11 is 2.12. The molecule has 0 spiro atoms. The zero-order valence-corrected chi connectivity index (χ0v) is 13.6. The fourth-order valence-corrected chi connectivity index (χ4v) is 4.31. The molecule has 2 fully saturated rings. The quantitative estimate of drug-likeness (QED) is 0.757. The summed E-state index contributed by atoms with van der Waals surface area (Å²) in [5, 5.41) is 4.38. The zero-order chi connectivity index (χ0) is 13.7. The number of ether oxygens (including phenoxy) is 1. The third-order valence-corrected chi connectivity index (χ3v) is 6.00. The summed E-state index contributed by atoms with van der Waals surface area (Å²) in [5.74, 6) is 1.28. The summed E-state index contributed by atoms with van der Waals surface area (Å²) in [5.41, 5.74) is 0.352. The molecule has 2 aliphatic rings. The SMILES string of the molecule is CCCNCC1(CN2CCSC(C)C2C)CCOC1. The molecule has 2 rings (SSSR count). The van der Waals surface area contributed by atoms with Gasteiger partial charge in [-0.1, -0.05) is 13.8 Å². The van der Waals surface area contributed by atoms with E-state index in [0.717, 1.165) is 31.6 Å². The molecule has 0 bridgehead atoms. The smallest absolute Gasteiger partial charge is 0.0547 e. The molecule has 0 aromatic heterocycles. The first-order chi connectivity index (χ1) is 9.17. The molecule has 0 aromatic rings. The van der Waals surface area contributed by atoms with Gasteiger partial charge in [-0.05, 0) is 26.3 Å². The van der Waals surface area contributed by atoms with Gasteiger partial charge in [-0.15, -0.1) is 0 Å². The maximum absolute atomic E-state index is 5.72. The van der Waals surface area contributed by atoms with Crippen LogP contribution in [0.4, 0.5) is 0 Å². The Morgan fingerprint density at radius 3 is 2.95 bits per heavy atom. The van der Waals surface area contributed by atoms with E-state index in [-0.39, 0.29) is 0 Å². The second-order valence-corrected chi connectivity index (χ2v) is 7.75. The van der Waals surface area contributed by atoms with Crippen molar-refractivity contribution in [3.8, 4) is 0 Å². The van der Waals surface area contributed by atoms with Crippen LogP contribution in [0.1, 0.15) is 33.6 Å². The maximum atomic E-state index is 5.72. The Kier molecular flexibility index (Phi) is 6.00. The highest BCUT2D eigenvalue weighted by Gasteiger charge is 2.38. The highest BCUT2D eigenvalue weighted by atomic mass is 32.2. The van der Waals surface area contributed by atoms with Crippen molar-refractivity contribution in [3.63, 3.8) is 0 Å². The number of hydrogen-bond donors (Lipinski definition) is 1. The van der Waals surface area contributed by atoms with E-state index in [1.165, 1.54) is 31.7 Å². The number of hydrogen-bond acceptors (Lipinski definition) is 4. The summed E-state index contributed by atoms with van der Waals surface area (Å²) in [4.78, 5) is 2.70. The molecular formula is C15H30N2OS. The summed E-state index contributed by atoms with van der Waals surface area (Å²) in [7, 11) is 0. The molecule has 3 atom stereocenters. The Morgan fingerprint density at radius 1 is 1.42 bits per heavy atom. The fraction of sp³-hybridized carbons (Fsp3) is 1.00. The third-order valence-electron chi connectivity index (χ3n) is 4.66. The van der Waals surface area contributed by atoms with Gasteiger partial charge in [0.15, 0.2) is 0 Å². The van der Waals surface area contributed by atoms with E-state index in [2.05, 4.69) is 42.7 Å². The molecule has 2 saturated heterocycles. The van der Waals surface area contributed by atoms with Crippen LogP contribution in [0.15, 0.2) is 0 Å². The van der Waals surface area contributed by atoms with Crippen molar-refractivity contribution in [2.24, 2.45) is 5.41 Å². The van der Waals surface area contributed by atoms with Gasteiger partial charge in [0.05, 0.1) is 6.61 Å². The average molecular weight is 286 g/mol. The molecule has 3 unspecified atom stereocenters. The number of nitrogens with zero attached hydrogens (tertiary/aromatic N) is 1. The predicted octanol–water partition coefficient (Wildman–Crippen LogP) is 2.22. The third kappa shape index (κ3) is 4.10. The molecule has 0 amide bonds. The van der Waals surface area contributed by atoms with Crippen LogP contribution in [-0.4, -0.2) is 61.3 Å². The molecule has 0 aromatic carbocycles. The van der Waals surface area contributed by atoms with Gasteiger partial charge in [0.2, 0.25) is 0 Å². The first-order valence-corrected chi connectivity index (χ1v) is 8.86. The summed E-state index contributed by atoms with van der Waals surface area (Å²) in [6, 6.07) is 0.697. The Bertz CT molecular complexity index is 269. The molecular weight excluding hydrogens is 256 g/mol. The van der Waals surface area contributed by atoms with Crippen LogP contribution < -0.4 is 5.32 Å². The lowest BCUT2D eigenvalue weighted by molar-refractivity contribution is 0.0906. The minimum Gasteiger partial charge on any atom is -0.381 e. The van der Waals surface area contributed by atoms with Crippen LogP contribution in [0.5, 0.6) is 0 Å². The fourth-order valence-electron chi connectivity index (χ4n) is 3.15. The zero-order valence-electron chi connectivity index (χ0n) is 12.8. The molecule has 4 heteroatoms. The normalized spacial score (nSPS) is 36.8. The van der Waals surface area contributed by atoms with E-state index >= 15 is 0 Å². The molecule has 0 radical (unpaired) electrons. The molecule has 0 saturated carbocycles. The molecule has 2 aliphatic heterocycles. The molecule has 0 aliphatic carbocycles. The summed E-state index contributed by atoms with van der Waals surface area (Å²) in [6.45, 7) is 13.6. The van der Waals surface area contributed by atoms with Gasteiger partial charge < -0.3 is 10.1 Å². The van der Waals surface area contributed by atoms with Crippen LogP contribution in [-0.2, 0) is 4.74 Å². The lowest BCUT2D eigenvalue weighted by atomic mass is 9.85. The predicted molar refractivity (Wildman–Crippen MR) is 84.0 cm³/mol. The molecule has 3 nitrogen and oxygen atoms in total. The maximum Gasteiger partial charge on any atom is 0.0547 e. The van der Waals surface area contributed by atoms with Crippen molar-refractivity contribution in [3.05, 3.63) is 0 Å². The second-order valence-electron chi connectivity index (χ2n) is 6.27. The van der Waals surface area contributed by atoms with Crippen LogP contribution in [0.3, 0.4) is 0 Å². The van der Waals surface area contributed by atoms with Gasteiger partial charge in [0.25, 0.3) is 0 Å². The largest absolute Gasteiger partial charge is 0.381 e. The lowest BCUT2D eigenvalue weighted by Gasteiger charge is -2.42. The minimum absolute atomic E-state index is 0.352. The van der Waals surface area contributed by atoms with Crippen molar-refractivity contribution >= 4 is 11.8 Å². The standard InChI is InChI=1S/C15H30N2OS/c1-4-6-16-10-15(5-8-18-12-15)11-17-7-9-19-14(3)13(17)2/h13-14,16H,4-12H2,1-3H3. The van der Waals surface area contributed by atoms with Crippen molar-refractivity contribution in [2.75, 3.05) is 45.1 Å².